The molecular weight excluding hydrogens is 228 g/mol. The second kappa shape index (κ2) is 5.33. The molecule has 84 valence electrons. The average molecular weight is 239 g/mol. The number of amides is 1. The maximum Gasteiger partial charge on any atom is 0.253 e. The Balaban J connectivity index is 2.84. The lowest BCUT2D eigenvalue weighted by molar-refractivity contribution is 0.0798. The van der Waals surface area contributed by atoms with Crippen molar-refractivity contribution in [3.05, 3.63) is 22.8 Å². The van der Waals surface area contributed by atoms with Gasteiger partial charge in [0.1, 0.15) is 11.0 Å². The minimum absolute atomic E-state index is 0.178. The lowest BCUT2D eigenvalue weighted by Crippen LogP contribution is -2.27. The number of halogens is 1. The van der Waals surface area contributed by atoms with Gasteiger partial charge in [0.25, 0.3) is 5.91 Å². The fourth-order valence-corrected chi connectivity index (χ4v) is 1.40. The van der Waals surface area contributed by atoms with Crippen LogP contribution in [0.5, 0.6) is 0 Å². The topological polar surface area (TPSA) is 83.0 Å². The molecule has 0 saturated heterocycles. The van der Waals surface area contributed by atoms with Crippen molar-refractivity contribution in [2.45, 2.75) is 6.42 Å². The molecule has 0 aromatic carbocycles. The maximum absolute atomic E-state index is 11.8. The van der Waals surface area contributed by atoms with Crippen LogP contribution in [0, 0.1) is 11.3 Å². The molecule has 5 nitrogen and oxygen atoms in total. The number of nitrogen functional groups attached to an aromatic ring is 1. The monoisotopic (exact) mass is 238 g/mol. The van der Waals surface area contributed by atoms with Gasteiger partial charge in [0, 0.05) is 19.2 Å². The highest BCUT2D eigenvalue weighted by Gasteiger charge is 2.12. The molecule has 1 aromatic heterocycles. The van der Waals surface area contributed by atoms with E-state index in [-0.39, 0.29) is 23.3 Å². The molecule has 0 atom stereocenters. The van der Waals surface area contributed by atoms with Gasteiger partial charge in [0.2, 0.25) is 0 Å². The third-order valence-corrected chi connectivity index (χ3v) is 2.16. The van der Waals surface area contributed by atoms with Crippen molar-refractivity contribution in [3.63, 3.8) is 0 Å². The first-order valence-corrected chi connectivity index (χ1v) is 4.98. The third-order valence-electron chi connectivity index (χ3n) is 1.97. The smallest absolute Gasteiger partial charge is 0.253 e. The second-order valence-corrected chi connectivity index (χ2v) is 3.63. The summed E-state index contributed by atoms with van der Waals surface area (Å²) in [5, 5.41) is 8.59. The summed E-state index contributed by atoms with van der Waals surface area (Å²) >= 11 is 5.69. The summed E-state index contributed by atoms with van der Waals surface area (Å²) in [5.74, 6) is -0.0317. The van der Waals surface area contributed by atoms with Gasteiger partial charge in [0.05, 0.1) is 12.5 Å². The summed E-state index contributed by atoms with van der Waals surface area (Å²) in [4.78, 5) is 17.0. The lowest BCUT2D eigenvalue weighted by atomic mass is 10.2. The zero-order chi connectivity index (χ0) is 12.1. The Morgan fingerprint density at radius 3 is 2.94 bits per heavy atom. The van der Waals surface area contributed by atoms with E-state index in [2.05, 4.69) is 4.98 Å². The normalized spacial score (nSPS) is 9.56. The fourth-order valence-electron chi connectivity index (χ4n) is 1.18. The van der Waals surface area contributed by atoms with Crippen LogP contribution < -0.4 is 5.73 Å². The number of nitriles is 1. The Bertz CT molecular complexity index is 421. The SMILES string of the molecule is CN(CCC#N)C(=O)c1cc(N)nc(Cl)c1. The summed E-state index contributed by atoms with van der Waals surface area (Å²) in [5.41, 5.74) is 5.85. The first-order chi connectivity index (χ1) is 7.54. The lowest BCUT2D eigenvalue weighted by Gasteiger charge is -2.15. The van der Waals surface area contributed by atoms with Gasteiger partial charge in [0.15, 0.2) is 0 Å². The molecule has 0 spiro atoms. The van der Waals surface area contributed by atoms with Crippen molar-refractivity contribution in [2.75, 3.05) is 19.3 Å². The van der Waals surface area contributed by atoms with Crippen LogP contribution in [0.4, 0.5) is 5.82 Å². The molecule has 0 unspecified atom stereocenters. The molecule has 0 bridgehead atoms. The predicted octanol–water partition coefficient (Wildman–Crippen LogP) is 1.30. The number of nitrogens with zero attached hydrogens (tertiary/aromatic N) is 3. The summed E-state index contributed by atoms with van der Waals surface area (Å²) < 4.78 is 0. The van der Waals surface area contributed by atoms with Crippen molar-refractivity contribution in [1.82, 2.24) is 9.88 Å². The van der Waals surface area contributed by atoms with Gasteiger partial charge in [-0.25, -0.2) is 4.98 Å². The quantitative estimate of drug-likeness (QED) is 0.805. The van der Waals surface area contributed by atoms with Crippen molar-refractivity contribution < 1.29 is 4.79 Å². The number of aromatic nitrogens is 1. The van der Waals surface area contributed by atoms with Gasteiger partial charge in [-0.1, -0.05) is 11.6 Å². The van der Waals surface area contributed by atoms with Gasteiger partial charge in [-0.3, -0.25) is 4.79 Å². The minimum Gasteiger partial charge on any atom is -0.384 e. The molecule has 6 heteroatoms. The van der Waals surface area contributed by atoms with Gasteiger partial charge < -0.3 is 10.6 Å². The van der Waals surface area contributed by atoms with E-state index >= 15 is 0 Å². The van der Waals surface area contributed by atoms with Crippen LogP contribution in [0.15, 0.2) is 12.1 Å². The van der Waals surface area contributed by atoms with Crippen molar-refractivity contribution in [2.24, 2.45) is 0 Å². The van der Waals surface area contributed by atoms with Crippen LogP contribution in [-0.4, -0.2) is 29.4 Å². The summed E-state index contributed by atoms with van der Waals surface area (Å²) in [6, 6.07) is 4.87. The Labute approximate surface area is 98.4 Å². The molecule has 0 aliphatic rings. The molecule has 0 aliphatic carbocycles. The van der Waals surface area contributed by atoms with E-state index in [4.69, 9.17) is 22.6 Å². The second-order valence-electron chi connectivity index (χ2n) is 3.24. The Hall–Kier alpha value is -1.80. The predicted molar refractivity (Wildman–Crippen MR) is 60.8 cm³/mol. The van der Waals surface area contributed by atoms with E-state index in [1.807, 2.05) is 6.07 Å². The number of nitrogens with two attached hydrogens (primary N) is 1. The van der Waals surface area contributed by atoms with Crippen LogP contribution in [0.2, 0.25) is 5.15 Å². The van der Waals surface area contributed by atoms with Crippen molar-refractivity contribution >= 4 is 23.3 Å². The van der Waals surface area contributed by atoms with E-state index in [0.29, 0.717) is 12.1 Å². The number of anilines is 1. The zero-order valence-corrected chi connectivity index (χ0v) is 9.53. The average Bonchev–Trinajstić information content (AvgIpc) is 2.23. The highest BCUT2D eigenvalue weighted by molar-refractivity contribution is 6.29. The van der Waals surface area contributed by atoms with Crippen LogP contribution >= 0.6 is 11.6 Å². The van der Waals surface area contributed by atoms with E-state index < -0.39 is 0 Å². The largest absolute Gasteiger partial charge is 0.384 e. The number of rotatable bonds is 3. The van der Waals surface area contributed by atoms with E-state index in [0.717, 1.165) is 0 Å². The van der Waals surface area contributed by atoms with Crippen LogP contribution in [0.3, 0.4) is 0 Å². The molecule has 1 amide bonds. The van der Waals surface area contributed by atoms with E-state index in [1.54, 1.807) is 7.05 Å². The van der Waals surface area contributed by atoms with E-state index in [9.17, 15) is 4.79 Å². The molecule has 1 rings (SSSR count). The molecular formula is C10H11ClN4O. The minimum atomic E-state index is -0.230. The third kappa shape index (κ3) is 3.11. The summed E-state index contributed by atoms with van der Waals surface area (Å²) in [6.07, 6.45) is 0.288. The molecule has 16 heavy (non-hydrogen) atoms. The van der Waals surface area contributed by atoms with Gasteiger partial charge in [-0.2, -0.15) is 5.26 Å². The molecule has 1 aromatic rings. The van der Waals surface area contributed by atoms with Gasteiger partial charge >= 0.3 is 0 Å². The number of hydrogen-bond acceptors (Lipinski definition) is 4. The molecule has 0 fully saturated rings. The van der Waals surface area contributed by atoms with Crippen molar-refractivity contribution in [3.8, 4) is 6.07 Å². The first kappa shape index (κ1) is 12.3. The van der Waals surface area contributed by atoms with E-state index in [1.165, 1.54) is 17.0 Å². The molecule has 0 aliphatic heterocycles. The fraction of sp³-hybridized carbons (Fsp3) is 0.300. The maximum atomic E-state index is 11.8. The van der Waals surface area contributed by atoms with Gasteiger partial charge in [-0.15, -0.1) is 0 Å². The standard InChI is InChI=1S/C10H11ClN4O/c1-15(4-2-3-12)10(16)7-5-8(11)14-9(13)6-7/h5-6H,2,4H2,1H3,(H2,13,14). The first-order valence-electron chi connectivity index (χ1n) is 4.60. The summed E-state index contributed by atoms with van der Waals surface area (Å²) in [6.45, 7) is 0.370. The molecule has 0 radical (unpaired) electrons. The number of hydrogen-bond donors (Lipinski definition) is 1. The summed E-state index contributed by atoms with van der Waals surface area (Å²) in [7, 11) is 1.62. The van der Waals surface area contributed by atoms with Crippen LogP contribution in [0.1, 0.15) is 16.8 Å². The number of carbonyl (C=O) groups is 1. The van der Waals surface area contributed by atoms with Crippen LogP contribution in [0.25, 0.3) is 0 Å². The highest BCUT2D eigenvalue weighted by atomic mass is 35.5. The zero-order valence-electron chi connectivity index (χ0n) is 8.77. The Morgan fingerprint density at radius 2 is 2.38 bits per heavy atom. The number of carbonyl (C=O) groups excluding carboxylic acids is 1. The highest BCUT2D eigenvalue weighted by Crippen LogP contribution is 2.13. The number of pyridine rings is 1. The molecule has 1 heterocycles. The van der Waals surface area contributed by atoms with Crippen LogP contribution in [-0.2, 0) is 0 Å². The van der Waals surface area contributed by atoms with Crippen molar-refractivity contribution in [1.29, 1.82) is 5.26 Å². The Morgan fingerprint density at radius 1 is 1.69 bits per heavy atom. The van der Waals surface area contributed by atoms with Gasteiger partial charge in [-0.05, 0) is 12.1 Å². The molecule has 2 N–H and O–H groups in total. The molecule has 0 saturated carbocycles. The Kier molecular flexibility index (Phi) is 4.09.